The maximum absolute atomic E-state index is 10.7. The molecule has 0 unspecified atom stereocenters. The van der Waals surface area contributed by atoms with E-state index in [0.29, 0.717) is 0 Å². The molecule has 0 aliphatic carbocycles. The highest BCUT2D eigenvalue weighted by molar-refractivity contribution is 6.00. The lowest BCUT2D eigenvalue weighted by atomic mass is 10.2. The van der Waals surface area contributed by atoms with Crippen LogP contribution in [0.3, 0.4) is 0 Å². The van der Waals surface area contributed by atoms with E-state index in [2.05, 4.69) is 0 Å². The van der Waals surface area contributed by atoms with Gasteiger partial charge in [-0.1, -0.05) is 0 Å². The van der Waals surface area contributed by atoms with E-state index in [9.17, 15) is 9.59 Å². The summed E-state index contributed by atoms with van der Waals surface area (Å²) in [5, 5.41) is 0. The molecule has 0 N–H and O–H groups in total. The van der Waals surface area contributed by atoms with E-state index in [1.807, 2.05) is 0 Å². The van der Waals surface area contributed by atoms with E-state index in [1.165, 1.54) is 18.6 Å². The number of ketones is 1. The molecule has 0 amide bonds. The maximum Gasteiger partial charge on any atom is 0.206 e. The van der Waals surface area contributed by atoms with E-state index < -0.39 is 0 Å². The predicted octanol–water partition coefficient (Wildman–Crippen LogP) is 0.962. The molecule has 3 nitrogen and oxygen atoms in total. The highest BCUT2D eigenvalue weighted by Gasteiger charge is 2.06. The van der Waals surface area contributed by atoms with E-state index in [0.717, 1.165) is 0 Å². The van der Waals surface area contributed by atoms with Crippen molar-refractivity contribution in [3.63, 3.8) is 0 Å². The monoisotopic (exact) mass is 137 g/mol. The van der Waals surface area contributed by atoms with Gasteiger partial charge in [-0.3, -0.25) is 9.59 Å². The average molecular weight is 137 g/mol. The smallest absolute Gasteiger partial charge is 0.206 e. The highest BCUT2D eigenvalue weighted by atomic mass is 16.3. The zero-order valence-corrected chi connectivity index (χ0v) is 5.16. The van der Waals surface area contributed by atoms with Gasteiger partial charge >= 0.3 is 0 Å². The van der Waals surface area contributed by atoms with Gasteiger partial charge in [-0.25, -0.2) is 0 Å². The lowest BCUT2D eigenvalue weighted by molar-refractivity contribution is 0.0973. The molecule has 1 aromatic rings. The van der Waals surface area contributed by atoms with Crippen LogP contribution in [0.5, 0.6) is 0 Å². The zero-order chi connectivity index (χ0) is 7.40. The topological polar surface area (TPSA) is 47.3 Å². The van der Waals surface area contributed by atoms with Crippen LogP contribution in [0.25, 0.3) is 0 Å². The normalized spacial score (nSPS) is 9.20. The minimum atomic E-state index is -0.333. The van der Waals surface area contributed by atoms with Gasteiger partial charge in [-0.2, -0.15) is 0 Å². The van der Waals surface area contributed by atoms with Crippen LogP contribution in [0, 0.1) is 0 Å². The second kappa shape index (κ2) is 2.96. The van der Waals surface area contributed by atoms with Gasteiger partial charge in [0.1, 0.15) is 0 Å². The first-order valence-corrected chi connectivity index (χ1v) is 2.76. The van der Waals surface area contributed by atoms with Crippen LogP contribution in [0.2, 0.25) is 0 Å². The third kappa shape index (κ3) is 1.31. The van der Waals surface area contributed by atoms with Gasteiger partial charge < -0.3 is 4.42 Å². The van der Waals surface area contributed by atoms with E-state index in [4.69, 9.17) is 4.42 Å². The van der Waals surface area contributed by atoms with Gasteiger partial charge in [0.2, 0.25) is 12.1 Å². The number of Topliss-reactive ketones (excluding diaryl/α,β-unsaturated/α-hetero) is 1. The molecule has 0 saturated carbocycles. The Morgan fingerprint density at radius 2 is 2.50 bits per heavy atom. The third-order valence-electron chi connectivity index (χ3n) is 1.03. The first-order chi connectivity index (χ1) is 4.84. The summed E-state index contributed by atoms with van der Waals surface area (Å²) in [6, 6.07) is 3.11. The molecule has 0 spiro atoms. The van der Waals surface area contributed by atoms with Crippen molar-refractivity contribution >= 4 is 12.1 Å². The van der Waals surface area contributed by atoms with Crippen LogP contribution in [0.15, 0.2) is 22.8 Å². The van der Waals surface area contributed by atoms with E-state index >= 15 is 0 Å². The van der Waals surface area contributed by atoms with Gasteiger partial charge in [0, 0.05) is 0 Å². The summed E-state index contributed by atoms with van der Waals surface area (Å²) in [5.74, 6) is -0.122. The summed E-state index contributed by atoms with van der Waals surface area (Å²) in [7, 11) is 0. The molecular weight excluding hydrogens is 132 g/mol. The van der Waals surface area contributed by atoms with Gasteiger partial charge in [-0.15, -0.1) is 0 Å². The standard InChI is InChI=1S/C7H5O3/c8-4-3-6(9)7-2-1-5-10-7/h1-2,5H,3H2. The molecule has 51 valence electrons. The minimum absolute atomic E-state index is 0.211. The first kappa shape index (κ1) is 6.74. The fraction of sp³-hybridized carbons (Fsp3) is 0.143. The summed E-state index contributed by atoms with van der Waals surface area (Å²) in [6.45, 7) is 0. The fourth-order valence-electron chi connectivity index (χ4n) is 0.590. The Hall–Kier alpha value is -1.38. The number of furan rings is 1. The summed E-state index contributed by atoms with van der Waals surface area (Å²) >= 11 is 0. The summed E-state index contributed by atoms with van der Waals surface area (Å²) in [5.41, 5.74) is 0. The van der Waals surface area contributed by atoms with Crippen LogP contribution >= 0.6 is 0 Å². The number of carbonyl (C=O) groups excluding carboxylic acids is 2. The van der Waals surface area contributed by atoms with Gasteiger partial charge in [0.05, 0.1) is 12.7 Å². The molecule has 0 bridgehead atoms. The van der Waals surface area contributed by atoms with Crippen LogP contribution in [0.1, 0.15) is 17.0 Å². The highest BCUT2D eigenvalue weighted by Crippen LogP contribution is 2.01. The van der Waals surface area contributed by atoms with Crippen LogP contribution < -0.4 is 0 Å². The number of hydrogen-bond donors (Lipinski definition) is 0. The quantitative estimate of drug-likeness (QED) is 0.460. The lowest BCUT2D eigenvalue weighted by Crippen LogP contribution is -1.96. The summed E-state index contributed by atoms with van der Waals surface area (Å²) < 4.78 is 4.72. The maximum atomic E-state index is 10.7. The van der Waals surface area contributed by atoms with Gasteiger partial charge in [0.15, 0.2) is 5.76 Å². The minimum Gasteiger partial charge on any atom is -0.461 e. The van der Waals surface area contributed by atoms with Crippen LogP contribution in [-0.2, 0) is 4.79 Å². The average Bonchev–Trinajstić information content (AvgIpc) is 2.38. The molecule has 0 aromatic carbocycles. The first-order valence-electron chi connectivity index (χ1n) is 2.76. The number of rotatable bonds is 3. The van der Waals surface area contributed by atoms with Crippen molar-refractivity contribution in [1.29, 1.82) is 0 Å². The lowest BCUT2D eigenvalue weighted by Gasteiger charge is -1.85. The van der Waals surface area contributed by atoms with E-state index in [1.54, 1.807) is 6.07 Å². The molecule has 0 saturated heterocycles. The second-order valence-corrected chi connectivity index (χ2v) is 1.72. The van der Waals surface area contributed by atoms with Gasteiger partial charge in [-0.05, 0) is 12.1 Å². The van der Waals surface area contributed by atoms with Gasteiger partial charge in [0.25, 0.3) is 0 Å². The molecule has 1 rings (SSSR count). The summed E-state index contributed by atoms with van der Waals surface area (Å²) in [6.07, 6.45) is 2.65. The Balaban J connectivity index is 2.68. The SMILES string of the molecule is O=[C]CC(=O)c1ccco1. The molecule has 0 fully saturated rings. The second-order valence-electron chi connectivity index (χ2n) is 1.72. The number of carbonyl (C=O) groups is 1. The Morgan fingerprint density at radius 3 is 3.00 bits per heavy atom. The van der Waals surface area contributed by atoms with Crippen molar-refractivity contribution in [2.45, 2.75) is 6.42 Å². The van der Waals surface area contributed by atoms with Crippen molar-refractivity contribution in [3.05, 3.63) is 24.2 Å². The Bertz CT molecular complexity index is 223. The van der Waals surface area contributed by atoms with Crippen molar-refractivity contribution in [2.24, 2.45) is 0 Å². The molecular formula is C7H5O3. The van der Waals surface area contributed by atoms with Crippen LogP contribution in [0.4, 0.5) is 0 Å². The Morgan fingerprint density at radius 1 is 1.70 bits per heavy atom. The van der Waals surface area contributed by atoms with Crippen LogP contribution in [-0.4, -0.2) is 12.1 Å². The van der Waals surface area contributed by atoms with Crippen molar-refractivity contribution in [3.8, 4) is 0 Å². The molecule has 1 heterocycles. The van der Waals surface area contributed by atoms with Crippen molar-refractivity contribution in [1.82, 2.24) is 0 Å². The molecule has 3 heteroatoms. The summed E-state index contributed by atoms with van der Waals surface area (Å²) in [4.78, 5) is 20.5. The third-order valence-corrected chi connectivity index (χ3v) is 1.03. The largest absolute Gasteiger partial charge is 0.461 e. The number of hydrogen-bond acceptors (Lipinski definition) is 3. The predicted molar refractivity (Wildman–Crippen MR) is 33.3 cm³/mol. The fourth-order valence-corrected chi connectivity index (χ4v) is 0.590. The molecule has 0 aliphatic heterocycles. The Labute approximate surface area is 57.6 Å². The molecule has 0 atom stereocenters. The molecule has 10 heavy (non-hydrogen) atoms. The molecule has 1 radical (unpaired) electrons. The zero-order valence-electron chi connectivity index (χ0n) is 5.16. The molecule has 0 aliphatic rings. The Kier molecular flexibility index (Phi) is 1.99. The van der Waals surface area contributed by atoms with E-state index in [-0.39, 0.29) is 18.0 Å². The van der Waals surface area contributed by atoms with Crippen molar-refractivity contribution < 1.29 is 14.0 Å². The van der Waals surface area contributed by atoms with Crippen molar-refractivity contribution in [2.75, 3.05) is 0 Å². The molecule has 1 aromatic heterocycles.